The summed E-state index contributed by atoms with van der Waals surface area (Å²) in [6.07, 6.45) is 0. The van der Waals surface area contributed by atoms with Crippen molar-refractivity contribution >= 4 is 27.5 Å². The lowest BCUT2D eigenvalue weighted by Crippen LogP contribution is -2.40. The highest BCUT2D eigenvalue weighted by Crippen LogP contribution is 2.22. The fourth-order valence-corrected chi connectivity index (χ4v) is 4.33. The molecule has 1 saturated heterocycles. The summed E-state index contributed by atoms with van der Waals surface area (Å²) in [7, 11) is -3.71. The first kappa shape index (κ1) is 20.0. The number of benzene rings is 2. The number of anilines is 1. The van der Waals surface area contributed by atoms with Crippen LogP contribution in [0.3, 0.4) is 0 Å². The van der Waals surface area contributed by atoms with Gasteiger partial charge in [-0.2, -0.15) is 4.31 Å². The van der Waals surface area contributed by atoms with Gasteiger partial charge in [-0.25, -0.2) is 8.42 Å². The maximum Gasteiger partial charge on any atom is 0.255 e. The molecule has 0 spiro atoms. The zero-order valence-corrected chi connectivity index (χ0v) is 16.2. The van der Waals surface area contributed by atoms with Crippen molar-refractivity contribution in [2.45, 2.75) is 11.8 Å². The minimum atomic E-state index is -3.71. The molecule has 0 aromatic heterocycles. The maximum atomic E-state index is 12.8. The largest absolute Gasteiger partial charge is 0.379 e. The molecule has 28 heavy (non-hydrogen) atoms. The van der Waals surface area contributed by atoms with Gasteiger partial charge in [0.25, 0.3) is 5.91 Å². The number of nitrogens with one attached hydrogen (secondary N) is 1. The molecule has 0 aliphatic carbocycles. The maximum absolute atomic E-state index is 12.8. The van der Waals surface area contributed by atoms with Crippen molar-refractivity contribution in [1.29, 1.82) is 0 Å². The minimum absolute atomic E-state index is 0.0519. The van der Waals surface area contributed by atoms with E-state index < -0.39 is 21.8 Å². The number of rotatable bonds is 5. The predicted octanol–water partition coefficient (Wildman–Crippen LogP) is 1.37. The number of hydrogen-bond donors (Lipinski definition) is 2. The lowest BCUT2D eigenvalue weighted by atomic mass is 10.1. The van der Waals surface area contributed by atoms with E-state index in [1.807, 2.05) is 0 Å². The summed E-state index contributed by atoms with van der Waals surface area (Å²) in [4.78, 5) is 24.1. The standard InChI is InChI=1S/C19H21N3O5S/c1-13-5-6-16(28(25,26)22-7-9-27-10-8-22)12-17(13)19(24)21-15-4-2-3-14(11-15)18(20)23/h2-6,11-12H,7-10H2,1H3,(H2,20,23)(H,21,24). The zero-order chi connectivity index (χ0) is 20.3. The summed E-state index contributed by atoms with van der Waals surface area (Å²) < 4.78 is 32.2. The number of amides is 2. The van der Waals surface area contributed by atoms with Crippen LogP contribution in [0, 0.1) is 6.92 Å². The first-order valence-corrected chi connectivity index (χ1v) is 10.1. The highest BCUT2D eigenvalue weighted by atomic mass is 32.2. The van der Waals surface area contributed by atoms with Gasteiger partial charge in [-0.1, -0.05) is 12.1 Å². The molecule has 1 fully saturated rings. The van der Waals surface area contributed by atoms with Crippen molar-refractivity contribution in [2.75, 3.05) is 31.6 Å². The molecule has 0 radical (unpaired) electrons. The van der Waals surface area contributed by atoms with Crippen LogP contribution in [-0.4, -0.2) is 50.8 Å². The molecule has 3 rings (SSSR count). The average molecular weight is 403 g/mol. The number of aryl methyl sites for hydroxylation is 1. The zero-order valence-electron chi connectivity index (χ0n) is 15.3. The third-order valence-electron chi connectivity index (χ3n) is 4.47. The number of ether oxygens (including phenoxy) is 1. The number of primary amides is 1. The molecule has 0 unspecified atom stereocenters. The Bertz CT molecular complexity index is 1010. The molecule has 8 nitrogen and oxygen atoms in total. The van der Waals surface area contributed by atoms with Gasteiger partial charge in [0, 0.05) is 29.9 Å². The second-order valence-electron chi connectivity index (χ2n) is 6.39. The van der Waals surface area contributed by atoms with Crippen LogP contribution < -0.4 is 11.1 Å². The van der Waals surface area contributed by atoms with E-state index in [4.69, 9.17) is 10.5 Å². The van der Waals surface area contributed by atoms with Crippen LogP contribution in [0.5, 0.6) is 0 Å². The Morgan fingerprint density at radius 1 is 1.11 bits per heavy atom. The third kappa shape index (κ3) is 4.22. The topological polar surface area (TPSA) is 119 Å². The van der Waals surface area contributed by atoms with Crippen molar-refractivity contribution in [3.8, 4) is 0 Å². The fraction of sp³-hybridized carbons (Fsp3) is 0.263. The second kappa shape index (κ2) is 8.09. The van der Waals surface area contributed by atoms with Gasteiger partial charge in [0.05, 0.1) is 18.1 Å². The lowest BCUT2D eigenvalue weighted by molar-refractivity contribution is 0.0730. The van der Waals surface area contributed by atoms with E-state index in [-0.39, 0.29) is 29.1 Å². The lowest BCUT2D eigenvalue weighted by Gasteiger charge is -2.26. The Morgan fingerprint density at radius 2 is 1.82 bits per heavy atom. The van der Waals surface area contributed by atoms with Gasteiger partial charge in [-0.05, 0) is 42.8 Å². The number of nitrogens with two attached hydrogens (primary N) is 1. The van der Waals surface area contributed by atoms with E-state index in [9.17, 15) is 18.0 Å². The van der Waals surface area contributed by atoms with Gasteiger partial charge in [0.2, 0.25) is 15.9 Å². The summed E-state index contributed by atoms with van der Waals surface area (Å²) in [5.41, 5.74) is 6.77. The molecule has 9 heteroatoms. The van der Waals surface area contributed by atoms with Gasteiger partial charge in [-0.3, -0.25) is 9.59 Å². The van der Waals surface area contributed by atoms with E-state index in [0.29, 0.717) is 24.5 Å². The summed E-state index contributed by atoms with van der Waals surface area (Å²) in [5, 5.41) is 2.68. The van der Waals surface area contributed by atoms with Crippen LogP contribution in [0.4, 0.5) is 5.69 Å². The summed E-state index contributed by atoms with van der Waals surface area (Å²) in [5.74, 6) is -1.08. The molecule has 1 aliphatic rings. The Labute approximate surface area is 163 Å². The third-order valence-corrected chi connectivity index (χ3v) is 6.36. The second-order valence-corrected chi connectivity index (χ2v) is 8.33. The SMILES string of the molecule is Cc1ccc(S(=O)(=O)N2CCOCC2)cc1C(=O)Nc1cccc(C(N)=O)c1. The Balaban J connectivity index is 1.88. The molecule has 2 aromatic carbocycles. The van der Waals surface area contributed by atoms with E-state index >= 15 is 0 Å². The Morgan fingerprint density at radius 3 is 2.50 bits per heavy atom. The van der Waals surface area contributed by atoms with Gasteiger partial charge < -0.3 is 15.8 Å². The van der Waals surface area contributed by atoms with Crippen LogP contribution in [0.15, 0.2) is 47.4 Å². The molecule has 148 valence electrons. The van der Waals surface area contributed by atoms with Crippen molar-refractivity contribution in [2.24, 2.45) is 5.73 Å². The van der Waals surface area contributed by atoms with Crippen LogP contribution in [0.1, 0.15) is 26.3 Å². The highest BCUT2D eigenvalue weighted by molar-refractivity contribution is 7.89. The quantitative estimate of drug-likeness (QED) is 0.781. The van der Waals surface area contributed by atoms with Crippen molar-refractivity contribution in [3.63, 3.8) is 0 Å². The van der Waals surface area contributed by atoms with Gasteiger partial charge in [0.15, 0.2) is 0 Å². The number of hydrogen-bond acceptors (Lipinski definition) is 5. The molecule has 0 atom stereocenters. The van der Waals surface area contributed by atoms with Crippen LogP contribution in [0.25, 0.3) is 0 Å². The van der Waals surface area contributed by atoms with Gasteiger partial charge >= 0.3 is 0 Å². The first-order chi connectivity index (χ1) is 13.3. The number of morpholine rings is 1. The van der Waals surface area contributed by atoms with Crippen molar-refractivity contribution in [1.82, 2.24) is 4.31 Å². The molecule has 0 saturated carbocycles. The number of carbonyl (C=O) groups excluding carboxylic acids is 2. The molecule has 2 amide bonds. The summed E-state index contributed by atoms with van der Waals surface area (Å²) in [6, 6.07) is 10.7. The van der Waals surface area contributed by atoms with Crippen LogP contribution in [-0.2, 0) is 14.8 Å². The monoisotopic (exact) mass is 403 g/mol. The number of sulfonamides is 1. The first-order valence-electron chi connectivity index (χ1n) is 8.69. The number of carbonyl (C=O) groups is 2. The van der Waals surface area contributed by atoms with E-state index in [1.165, 1.54) is 22.5 Å². The minimum Gasteiger partial charge on any atom is -0.379 e. The molecule has 3 N–H and O–H groups in total. The van der Waals surface area contributed by atoms with Crippen molar-refractivity contribution < 1.29 is 22.7 Å². The van der Waals surface area contributed by atoms with E-state index in [0.717, 1.165) is 0 Å². The number of nitrogens with zero attached hydrogens (tertiary/aromatic N) is 1. The molecule has 0 bridgehead atoms. The van der Waals surface area contributed by atoms with Gasteiger partial charge in [0.1, 0.15) is 0 Å². The van der Waals surface area contributed by atoms with Crippen LogP contribution >= 0.6 is 0 Å². The summed E-state index contributed by atoms with van der Waals surface area (Å²) >= 11 is 0. The highest BCUT2D eigenvalue weighted by Gasteiger charge is 2.27. The van der Waals surface area contributed by atoms with E-state index in [1.54, 1.807) is 31.2 Å². The summed E-state index contributed by atoms with van der Waals surface area (Å²) in [6.45, 7) is 2.96. The van der Waals surface area contributed by atoms with E-state index in [2.05, 4.69) is 5.32 Å². The molecule has 1 aliphatic heterocycles. The Hall–Kier alpha value is -2.75. The molecular weight excluding hydrogens is 382 g/mol. The fourth-order valence-electron chi connectivity index (χ4n) is 2.89. The molecular formula is C19H21N3O5S. The van der Waals surface area contributed by atoms with Crippen molar-refractivity contribution in [3.05, 3.63) is 59.2 Å². The normalized spacial score (nSPS) is 15.2. The smallest absolute Gasteiger partial charge is 0.255 e. The average Bonchev–Trinajstić information content (AvgIpc) is 2.69. The van der Waals surface area contributed by atoms with Gasteiger partial charge in [-0.15, -0.1) is 0 Å². The molecule has 2 aromatic rings. The van der Waals surface area contributed by atoms with Crippen LogP contribution in [0.2, 0.25) is 0 Å². The Kier molecular flexibility index (Phi) is 5.78. The molecule has 1 heterocycles. The predicted molar refractivity (Wildman–Crippen MR) is 104 cm³/mol.